The molecule has 1 atom stereocenters. The fourth-order valence-electron chi connectivity index (χ4n) is 2.25. The summed E-state index contributed by atoms with van der Waals surface area (Å²) in [6.45, 7) is 9.80. The minimum Gasteiger partial charge on any atom is -0.499 e. The Balaban J connectivity index is 2.68. The van der Waals surface area contributed by atoms with Crippen molar-refractivity contribution in [2.45, 2.75) is 47.0 Å². The van der Waals surface area contributed by atoms with Gasteiger partial charge in [0.1, 0.15) is 0 Å². The zero-order chi connectivity index (χ0) is 9.90. The van der Waals surface area contributed by atoms with Crippen LogP contribution in [0.3, 0.4) is 0 Å². The molecule has 13 heavy (non-hydrogen) atoms. The Morgan fingerprint density at radius 2 is 2.23 bits per heavy atom. The van der Waals surface area contributed by atoms with Crippen molar-refractivity contribution in [1.29, 1.82) is 0 Å². The maximum absolute atomic E-state index is 5.61. The molecule has 1 unspecified atom stereocenters. The predicted octanol–water partition coefficient (Wildman–Crippen LogP) is 3.75. The van der Waals surface area contributed by atoms with Gasteiger partial charge in [0.05, 0.1) is 12.4 Å². The molecule has 1 rings (SSSR count). The van der Waals surface area contributed by atoms with E-state index in [2.05, 4.69) is 33.8 Å². The molecule has 1 heteroatoms. The van der Waals surface area contributed by atoms with E-state index >= 15 is 0 Å². The van der Waals surface area contributed by atoms with E-state index in [1.165, 1.54) is 18.6 Å². The SMILES string of the molecule is CCOC1=CC(C)(C)CC(C)CC1. The summed E-state index contributed by atoms with van der Waals surface area (Å²) in [5, 5.41) is 0. The highest BCUT2D eigenvalue weighted by molar-refractivity contribution is 5.04. The Kier molecular flexibility index (Phi) is 3.40. The van der Waals surface area contributed by atoms with E-state index in [9.17, 15) is 0 Å². The first kappa shape index (κ1) is 10.6. The Bertz CT molecular complexity index is 191. The molecule has 0 aromatic carbocycles. The summed E-state index contributed by atoms with van der Waals surface area (Å²) in [5.74, 6) is 2.03. The molecule has 0 spiro atoms. The molecule has 0 N–H and O–H groups in total. The average Bonchev–Trinajstić information content (AvgIpc) is 2.09. The minimum atomic E-state index is 0.320. The van der Waals surface area contributed by atoms with E-state index in [1.807, 2.05) is 0 Å². The van der Waals surface area contributed by atoms with Crippen LogP contribution in [-0.2, 0) is 4.74 Å². The predicted molar refractivity (Wildman–Crippen MR) is 56.5 cm³/mol. The van der Waals surface area contributed by atoms with Gasteiger partial charge in [0.25, 0.3) is 0 Å². The van der Waals surface area contributed by atoms with Crippen LogP contribution in [0.25, 0.3) is 0 Å². The molecule has 1 aliphatic carbocycles. The molecule has 0 fully saturated rings. The summed E-state index contributed by atoms with van der Waals surface area (Å²) in [7, 11) is 0. The lowest BCUT2D eigenvalue weighted by Gasteiger charge is -2.21. The molecule has 0 saturated carbocycles. The molecule has 0 heterocycles. The normalized spacial score (nSPS) is 27.7. The second kappa shape index (κ2) is 4.17. The van der Waals surface area contributed by atoms with Crippen LogP contribution in [0, 0.1) is 11.3 Å². The van der Waals surface area contributed by atoms with Crippen LogP contribution < -0.4 is 0 Å². The summed E-state index contributed by atoms with van der Waals surface area (Å²) in [6.07, 6.45) is 6.00. The van der Waals surface area contributed by atoms with E-state index in [4.69, 9.17) is 4.74 Å². The zero-order valence-corrected chi connectivity index (χ0v) is 9.39. The third-order valence-electron chi connectivity index (χ3n) is 2.64. The topological polar surface area (TPSA) is 9.23 Å². The fraction of sp³-hybridized carbons (Fsp3) is 0.833. The lowest BCUT2D eigenvalue weighted by Crippen LogP contribution is -2.10. The first-order valence-corrected chi connectivity index (χ1v) is 5.38. The van der Waals surface area contributed by atoms with E-state index in [0.717, 1.165) is 18.9 Å². The molecule has 0 aromatic rings. The number of hydrogen-bond donors (Lipinski definition) is 0. The first-order chi connectivity index (χ1) is 6.03. The van der Waals surface area contributed by atoms with Crippen LogP contribution in [0.15, 0.2) is 11.8 Å². The summed E-state index contributed by atoms with van der Waals surface area (Å²) < 4.78 is 5.61. The summed E-state index contributed by atoms with van der Waals surface area (Å²) in [6, 6.07) is 0. The standard InChI is InChI=1S/C12H22O/c1-5-13-11-7-6-10(2)8-12(3,4)9-11/h9-10H,5-8H2,1-4H3. The number of allylic oxidation sites excluding steroid dienone is 2. The van der Waals surface area contributed by atoms with Crippen molar-refractivity contribution in [3.05, 3.63) is 11.8 Å². The summed E-state index contributed by atoms with van der Waals surface area (Å²) in [4.78, 5) is 0. The summed E-state index contributed by atoms with van der Waals surface area (Å²) >= 11 is 0. The van der Waals surface area contributed by atoms with Crippen molar-refractivity contribution in [2.75, 3.05) is 6.61 Å². The van der Waals surface area contributed by atoms with E-state index in [1.54, 1.807) is 0 Å². The smallest absolute Gasteiger partial charge is 0.0925 e. The molecule has 0 aromatic heterocycles. The van der Waals surface area contributed by atoms with Crippen LogP contribution in [0.5, 0.6) is 0 Å². The molecular weight excluding hydrogens is 160 g/mol. The largest absolute Gasteiger partial charge is 0.499 e. The second-order valence-electron chi connectivity index (χ2n) is 4.88. The first-order valence-electron chi connectivity index (χ1n) is 5.38. The van der Waals surface area contributed by atoms with Gasteiger partial charge in [0.2, 0.25) is 0 Å². The van der Waals surface area contributed by atoms with Crippen LogP contribution >= 0.6 is 0 Å². The van der Waals surface area contributed by atoms with Gasteiger partial charge in [-0.1, -0.05) is 20.8 Å². The number of rotatable bonds is 2. The van der Waals surface area contributed by atoms with Gasteiger partial charge in [0.15, 0.2) is 0 Å². The number of ether oxygens (including phenoxy) is 1. The molecule has 0 aliphatic heterocycles. The monoisotopic (exact) mass is 182 g/mol. The van der Waals surface area contributed by atoms with Gasteiger partial charge in [0, 0.05) is 6.42 Å². The Morgan fingerprint density at radius 1 is 1.54 bits per heavy atom. The lowest BCUT2D eigenvalue weighted by atomic mass is 9.84. The molecule has 76 valence electrons. The average molecular weight is 182 g/mol. The van der Waals surface area contributed by atoms with Gasteiger partial charge in [-0.2, -0.15) is 0 Å². The summed E-state index contributed by atoms with van der Waals surface area (Å²) in [5.41, 5.74) is 0.320. The maximum atomic E-state index is 5.61. The highest BCUT2D eigenvalue weighted by Gasteiger charge is 2.23. The van der Waals surface area contributed by atoms with E-state index < -0.39 is 0 Å². The van der Waals surface area contributed by atoms with Crippen LogP contribution in [0.1, 0.15) is 47.0 Å². The molecule has 0 saturated heterocycles. The minimum absolute atomic E-state index is 0.320. The third-order valence-corrected chi connectivity index (χ3v) is 2.64. The highest BCUT2D eigenvalue weighted by Crippen LogP contribution is 2.35. The molecule has 0 bridgehead atoms. The Morgan fingerprint density at radius 3 is 2.85 bits per heavy atom. The van der Waals surface area contributed by atoms with Crippen molar-refractivity contribution in [1.82, 2.24) is 0 Å². The Hall–Kier alpha value is -0.460. The van der Waals surface area contributed by atoms with Gasteiger partial charge >= 0.3 is 0 Å². The Labute approximate surface area is 82.2 Å². The lowest BCUT2D eigenvalue weighted by molar-refractivity contribution is 0.214. The number of hydrogen-bond acceptors (Lipinski definition) is 1. The van der Waals surface area contributed by atoms with Crippen LogP contribution in [-0.4, -0.2) is 6.61 Å². The molecule has 1 aliphatic rings. The van der Waals surface area contributed by atoms with E-state index in [-0.39, 0.29) is 0 Å². The molecule has 0 amide bonds. The van der Waals surface area contributed by atoms with Crippen LogP contribution in [0.4, 0.5) is 0 Å². The fourth-order valence-corrected chi connectivity index (χ4v) is 2.25. The van der Waals surface area contributed by atoms with Crippen LogP contribution in [0.2, 0.25) is 0 Å². The van der Waals surface area contributed by atoms with E-state index in [0.29, 0.717) is 5.41 Å². The van der Waals surface area contributed by atoms with Crippen molar-refractivity contribution in [3.8, 4) is 0 Å². The van der Waals surface area contributed by atoms with Gasteiger partial charge in [-0.05, 0) is 37.2 Å². The molecular formula is C12H22O. The maximum Gasteiger partial charge on any atom is 0.0925 e. The quantitative estimate of drug-likeness (QED) is 0.632. The van der Waals surface area contributed by atoms with Crippen molar-refractivity contribution in [2.24, 2.45) is 11.3 Å². The second-order valence-corrected chi connectivity index (χ2v) is 4.88. The third kappa shape index (κ3) is 3.41. The highest BCUT2D eigenvalue weighted by atomic mass is 16.5. The van der Waals surface area contributed by atoms with Gasteiger partial charge in [-0.15, -0.1) is 0 Å². The molecule has 1 nitrogen and oxygen atoms in total. The van der Waals surface area contributed by atoms with Gasteiger partial charge in [-0.3, -0.25) is 0 Å². The zero-order valence-electron chi connectivity index (χ0n) is 9.39. The van der Waals surface area contributed by atoms with Crippen molar-refractivity contribution < 1.29 is 4.74 Å². The van der Waals surface area contributed by atoms with Crippen molar-refractivity contribution in [3.63, 3.8) is 0 Å². The molecule has 0 radical (unpaired) electrons. The van der Waals surface area contributed by atoms with Gasteiger partial charge < -0.3 is 4.74 Å². The van der Waals surface area contributed by atoms with Crippen molar-refractivity contribution >= 4 is 0 Å². The van der Waals surface area contributed by atoms with Gasteiger partial charge in [-0.25, -0.2) is 0 Å².